The van der Waals surface area contributed by atoms with E-state index >= 15 is 0 Å². The van der Waals surface area contributed by atoms with Gasteiger partial charge in [0.05, 0.1) is 7.11 Å². The molecule has 0 aromatic heterocycles. The lowest BCUT2D eigenvalue weighted by Crippen LogP contribution is -2.53. The number of carbonyl (C=O) groups is 1. The van der Waals surface area contributed by atoms with E-state index in [-0.39, 0.29) is 48.9 Å². The normalized spacial score (nSPS) is 16.3. The summed E-state index contributed by atoms with van der Waals surface area (Å²) in [6.07, 6.45) is 0. The van der Waals surface area contributed by atoms with Crippen molar-refractivity contribution in [2.75, 3.05) is 33.3 Å². The molecule has 1 saturated heterocycles. The number of hydrogen-bond donors (Lipinski definition) is 1. The number of piperazine rings is 1. The summed E-state index contributed by atoms with van der Waals surface area (Å²) in [5, 5.41) is 2.77. The SMILES string of the molecule is COc1ccc(F)cc1S(=O)(=O)N1CCN(C(=O)NC(C)C)CC1. The van der Waals surface area contributed by atoms with Crippen molar-refractivity contribution in [2.45, 2.75) is 24.8 Å². The van der Waals surface area contributed by atoms with Crippen molar-refractivity contribution in [1.29, 1.82) is 0 Å². The molecule has 7 nitrogen and oxygen atoms in total. The summed E-state index contributed by atoms with van der Waals surface area (Å²) in [6.45, 7) is 4.55. The molecule has 0 bridgehead atoms. The average molecular weight is 359 g/mol. The molecule has 24 heavy (non-hydrogen) atoms. The quantitative estimate of drug-likeness (QED) is 0.878. The van der Waals surface area contributed by atoms with Gasteiger partial charge in [-0.05, 0) is 32.0 Å². The van der Waals surface area contributed by atoms with Gasteiger partial charge < -0.3 is 15.0 Å². The maximum absolute atomic E-state index is 13.5. The molecule has 0 atom stereocenters. The van der Waals surface area contributed by atoms with Crippen LogP contribution in [-0.4, -0.2) is 63.0 Å². The van der Waals surface area contributed by atoms with Crippen LogP contribution in [0.25, 0.3) is 0 Å². The van der Waals surface area contributed by atoms with E-state index < -0.39 is 15.8 Å². The predicted octanol–water partition coefficient (Wildman–Crippen LogP) is 1.26. The fourth-order valence-electron chi connectivity index (χ4n) is 2.46. The van der Waals surface area contributed by atoms with E-state index in [1.807, 2.05) is 13.8 Å². The minimum Gasteiger partial charge on any atom is -0.495 e. The average Bonchev–Trinajstić information content (AvgIpc) is 2.54. The Bertz CT molecular complexity index is 701. The number of urea groups is 1. The van der Waals surface area contributed by atoms with Crippen LogP contribution in [0.5, 0.6) is 5.75 Å². The minimum absolute atomic E-state index is 0.0100. The standard InChI is InChI=1S/C15H22FN3O4S/c1-11(2)17-15(20)18-6-8-19(9-7-18)24(21,22)14-10-12(16)4-5-13(14)23-3/h4-5,10-11H,6-9H2,1-3H3,(H,17,20). The number of hydrogen-bond acceptors (Lipinski definition) is 4. The number of ether oxygens (including phenoxy) is 1. The Balaban J connectivity index is 2.13. The topological polar surface area (TPSA) is 79.0 Å². The van der Waals surface area contributed by atoms with Gasteiger partial charge in [0.1, 0.15) is 16.5 Å². The summed E-state index contributed by atoms with van der Waals surface area (Å²) >= 11 is 0. The number of amides is 2. The third-order valence-electron chi connectivity index (χ3n) is 3.68. The Morgan fingerprint density at radius 1 is 1.25 bits per heavy atom. The molecule has 0 spiro atoms. The second-order valence-corrected chi connectivity index (χ2v) is 7.70. The molecule has 1 aliphatic rings. The number of halogens is 1. The van der Waals surface area contributed by atoms with E-state index in [0.29, 0.717) is 0 Å². The molecular weight excluding hydrogens is 337 g/mol. The van der Waals surface area contributed by atoms with E-state index in [4.69, 9.17) is 4.74 Å². The Kier molecular flexibility index (Phi) is 5.66. The molecule has 1 fully saturated rings. The number of sulfonamides is 1. The smallest absolute Gasteiger partial charge is 0.317 e. The monoisotopic (exact) mass is 359 g/mol. The van der Waals surface area contributed by atoms with Gasteiger partial charge in [-0.3, -0.25) is 0 Å². The van der Waals surface area contributed by atoms with E-state index in [9.17, 15) is 17.6 Å². The van der Waals surface area contributed by atoms with Gasteiger partial charge in [0.25, 0.3) is 0 Å². The molecule has 9 heteroatoms. The Morgan fingerprint density at radius 3 is 2.42 bits per heavy atom. The van der Waals surface area contributed by atoms with Crippen molar-refractivity contribution >= 4 is 16.1 Å². The summed E-state index contributed by atoms with van der Waals surface area (Å²) in [7, 11) is -2.56. The second-order valence-electron chi connectivity index (χ2n) is 5.79. The first-order valence-corrected chi connectivity index (χ1v) is 9.09. The zero-order valence-corrected chi connectivity index (χ0v) is 14.8. The number of nitrogens with one attached hydrogen (secondary N) is 1. The first-order chi connectivity index (χ1) is 11.3. The van der Waals surface area contributed by atoms with E-state index in [2.05, 4.69) is 5.32 Å². The zero-order valence-electron chi connectivity index (χ0n) is 14.0. The molecule has 1 aromatic rings. The van der Waals surface area contributed by atoms with Gasteiger partial charge in [0.2, 0.25) is 10.0 Å². The molecular formula is C15H22FN3O4S. The lowest BCUT2D eigenvalue weighted by molar-refractivity contribution is 0.170. The van der Waals surface area contributed by atoms with Crippen molar-refractivity contribution in [3.05, 3.63) is 24.0 Å². The maximum atomic E-state index is 13.5. The fraction of sp³-hybridized carbons (Fsp3) is 0.533. The highest BCUT2D eigenvalue weighted by atomic mass is 32.2. The summed E-state index contributed by atoms with van der Waals surface area (Å²) in [5.74, 6) is -0.555. The molecule has 2 rings (SSSR count). The Hall–Kier alpha value is -1.87. The van der Waals surface area contributed by atoms with Crippen LogP contribution in [0.3, 0.4) is 0 Å². The molecule has 1 aromatic carbocycles. The number of benzene rings is 1. The zero-order chi connectivity index (χ0) is 17.9. The summed E-state index contributed by atoms with van der Waals surface area (Å²) in [6, 6.07) is 3.17. The molecule has 0 radical (unpaired) electrons. The van der Waals surface area contributed by atoms with E-state index in [1.54, 1.807) is 4.90 Å². The van der Waals surface area contributed by atoms with Gasteiger partial charge in [-0.1, -0.05) is 0 Å². The number of rotatable bonds is 4. The number of nitrogens with zero attached hydrogens (tertiary/aromatic N) is 2. The van der Waals surface area contributed by atoms with Crippen LogP contribution in [0.4, 0.5) is 9.18 Å². The van der Waals surface area contributed by atoms with Gasteiger partial charge in [0.15, 0.2) is 0 Å². The van der Waals surface area contributed by atoms with Crippen molar-refractivity contribution in [1.82, 2.24) is 14.5 Å². The Labute approximate surface area is 141 Å². The van der Waals surface area contributed by atoms with Gasteiger partial charge >= 0.3 is 6.03 Å². The van der Waals surface area contributed by atoms with Crippen LogP contribution in [0.1, 0.15) is 13.8 Å². The van der Waals surface area contributed by atoms with Crippen molar-refractivity contribution < 1.29 is 22.3 Å². The Morgan fingerprint density at radius 2 is 1.88 bits per heavy atom. The van der Waals surface area contributed by atoms with Crippen LogP contribution < -0.4 is 10.1 Å². The second kappa shape index (κ2) is 7.35. The van der Waals surface area contributed by atoms with E-state index in [1.165, 1.54) is 17.5 Å². The first kappa shape index (κ1) is 18.5. The predicted molar refractivity (Wildman–Crippen MR) is 87.0 cm³/mol. The first-order valence-electron chi connectivity index (χ1n) is 7.65. The third-order valence-corrected chi connectivity index (χ3v) is 5.60. The molecule has 2 amide bonds. The summed E-state index contributed by atoms with van der Waals surface area (Å²) < 4.78 is 45.2. The van der Waals surface area contributed by atoms with Gasteiger partial charge in [-0.25, -0.2) is 17.6 Å². The van der Waals surface area contributed by atoms with Crippen LogP contribution in [0.15, 0.2) is 23.1 Å². The fourth-order valence-corrected chi connectivity index (χ4v) is 4.05. The van der Waals surface area contributed by atoms with Gasteiger partial charge in [-0.2, -0.15) is 4.31 Å². The van der Waals surface area contributed by atoms with Gasteiger partial charge in [-0.15, -0.1) is 0 Å². The number of carbonyl (C=O) groups excluding carboxylic acids is 1. The van der Waals surface area contributed by atoms with Crippen LogP contribution in [0.2, 0.25) is 0 Å². The highest BCUT2D eigenvalue weighted by Gasteiger charge is 2.32. The molecule has 1 N–H and O–H groups in total. The highest BCUT2D eigenvalue weighted by molar-refractivity contribution is 7.89. The molecule has 1 heterocycles. The maximum Gasteiger partial charge on any atom is 0.317 e. The van der Waals surface area contributed by atoms with Crippen molar-refractivity contribution in [3.63, 3.8) is 0 Å². The largest absolute Gasteiger partial charge is 0.495 e. The van der Waals surface area contributed by atoms with Crippen LogP contribution in [0, 0.1) is 5.82 Å². The molecule has 0 unspecified atom stereocenters. The molecule has 1 aliphatic heterocycles. The molecule has 0 saturated carbocycles. The highest BCUT2D eigenvalue weighted by Crippen LogP contribution is 2.28. The lowest BCUT2D eigenvalue weighted by atomic mass is 10.3. The lowest BCUT2D eigenvalue weighted by Gasteiger charge is -2.34. The molecule has 134 valence electrons. The van der Waals surface area contributed by atoms with E-state index in [0.717, 1.165) is 12.1 Å². The van der Waals surface area contributed by atoms with Crippen LogP contribution in [-0.2, 0) is 10.0 Å². The third kappa shape index (κ3) is 3.96. The minimum atomic E-state index is -3.89. The van der Waals surface area contributed by atoms with Crippen molar-refractivity contribution in [3.8, 4) is 5.75 Å². The summed E-state index contributed by atoms with van der Waals surface area (Å²) in [4.78, 5) is 13.3. The van der Waals surface area contributed by atoms with Gasteiger partial charge in [0, 0.05) is 32.2 Å². The van der Waals surface area contributed by atoms with Crippen LogP contribution >= 0.6 is 0 Å². The number of methoxy groups -OCH3 is 1. The summed E-state index contributed by atoms with van der Waals surface area (Å²) in [5.41, 5.74) is 0. The molecule has 0 aliphatic carbocycles. The van der Waals surface area contributed by atoms with Crippen molar-refractivity contribution in [2.24, 2.45) is 0 Å².